The van der Waals surface area contributed by atoms with Crippen LogP contribution >= 0.6 is 0 Å². The molecule has 1 saturated heterocycles. The molecule has 1 atom stereocenters. The number of anilines is 1. The lowest BCUT2D eigenvalue weighted by Crippen LogP contribution is -2.46. The van der Waals surface area contributed by atoms with Crippen LogP contribution in [0.2, 0.25) is 0 Å². The third kappa shape index (κ3) is 3.27. The van der Waals surface area contributed by atoms with Crippen molar-refractivity contribution in [2.24, 2.45) is 0 Å². The number of morpholine rings is 1. The highest BCUT2D eigenvalue weighted by Crippen LogP contribution is 2.17. The van der Waals surface area contributed by atoms with Crippen LogP contribution < -0.4 is 5.32 Å². The molecule has 1 aromatic carbocycles. The zero-order valence-corrected chi connectivity index (χ0v) is 11.5. The molecule has 2 N–H and O–H groups in total. The lowest BCUT2D eigenvalue weighted by molar-refractivity contribution is -0.00138. The topological polar surface area (TPSA) is 78.9 Å². The number of aryl methyl sites for hydroxylation is 1. The summed E-state index contributed by atoms with van der Waals surface area (Å²) in [5.74, 6) is -0.979. The second kappa shape index (κ2) is 5.92. The number of rotatable bonds is 2. The number of carboxylic acid groups (broad SMARTS) is 1. The van der Waals surface area contributed by atoms with E-state index in [9.17, 15) is 9.59 Å². The molecule has 0 aromatic heterocycles. The molecule has 1 aliphatic rings. The Morgan fingerprint density at radius 2 is 2.20 bits per heavy atom. The van der Waals surface area contributed by atoms with E-state index in [4.69, 9.17) is 9.84 Å². The number of amides is 2. The van der Waals surface area contributed by atoms with Crippen molar-refractivity contribution in [3.8, 4) is 0 Å². The van der Waals surface area contributed by atoms with Gasteiger partial charge in [-0.15, -0.1) is 0 Å². The Hall–Kier alpha value is -2.08. The fourth-order valence-electron chi connectivity index (χ4n) is 2.13. The molecule has 1 aliphatic heterocycles. The summed E-state index contributed by atoms with van der Waals surface area (Å²) in [6.07, 6.45) is 0.0324. The minimum atomic E-state index is -0.979. The lowest BCUT2D eigenvalue weighted by atomic mass is 10.1. The Kier molecular flexibility index (Phi) is 4.24. The van der Waals surface area contributed by atoms with Crippen molar-refractivity contribution in [2.75, 3.05) is 25.0 Å². The molecule has 2 rings (SSSR count). The average molecular weight is 278 g/mol. The molecule has 0 aliphatic carbocycles. The molecule has 0 radical (unpaired) electrons. The third-order valence-corrected chi connectivity index (χ3v) is 3.24. The maximum Gasteiger partial charge on any atom is 0.335 e. The van der Waals surface area contributed by atoms with Gasteiger partial charge in [0.05, 0.1) is 18.3 Å². The van der Waals surface area contributed by atoms with Crippen LogP contribution in [0.25, 0.3) is 0 Å². The predicted octanol–water partition coefficient (Wildman–Crippen LogP) is 1.95. The molecule has 6 nitrogen and oxygen atoms in total. The molecule has 6 heteroatoms. The zero-order chi connectivity index (χ0) is 14.7. The number of hydrogen-bond acceptors (Lipinski definition) is 3. The van der Waals surface area contributed by atoms with Crippen molar-refractivity contribution in [3.05, 3.63) is 29.3 Å². The number of aromatic carboxylic acids is 1. The van der Waals surface area contributed by atoms with E-state index in [-0.39, 0.29) is 17.7 Å². The van der Waals surface area contributed by atoms with Crippen LogP contribution in [0.4, 0.5) is 10.5 Å². The van der Waals surface area contributed by atoms with Crippen LogP contribution in [0.15, 0.2) is 18.2 Å². The number of ether oxygens (including phenoxy) is 1. The first-order valence-electron chi connectivity index (χ1n) is 6.49. The summed E-state index contributed by atoms with van der Waals surface area (Å²) in [6.45, 7) is 5.34. The Bertz CT molecular complexity index is 530. The van der Waals surface area contributed by atoms with Gasteiger partial charge in [-0.25, -0.2) is 9.59 Å². The van der Waals surface area contributed by atoms with Gasteiger partial charge in [0, 0.05) is 18.8 Å². The van der Waals surface area contributed by atoms with Crippen molar-refractivity contribution in [1.82, 2.24) is 4.90 Å². The Labute approximate surface area is 117 Å². The molecule has 108 valence electrons. The minimum Gasteiger partial charge on any atom is -0.478 e. The number of carbonyl (C=O) groups excluding carboxylic acids is 1. The smallest absolute Gasteiger partial charge is 0.335 e. The number of nitrogens with zero attached hydrogens (tertiary/aromatic N) is 1. The second-order valence-corrected chi connectivity index (χ2v) is 4.89. The third-order valence-electron chi connectivity index (χ3n) is 3.24. The van der Waals surface area contributed by atoms with E-state index in [1.54, 1.807) is 24.0 Å². The first kappa shape index (κ1) is 14.3. The molecule has 1 heterocycles. The number of urea groups is 1. The Balaban J connectivity index is 2.06. The zero-order valence-electron chi connectivity index (χ0n) is 11.5. The molecule has 1 aromatic rings. The van der Waals surface area contributed by atoms with Crippen molar-refractivity contribution in [2.45, 2.75) is 20.0 Å². The fourth-order valence-corrected chi connectivity index (χ4v) is 2.13. The molecular weight excluding hydrogens is 260 g/mol. The monoisotopic (exact) mass is 278 g/mol. The van der Waals surface area contributed by atoms with Gasteiger partial charge in [0.1, 0.15) is 0 Å². The minimum absolute atomic E-state index is 0.0324. The number of carbonyl (C=O) groups is 2. The molecule has 0 bridgehead atoms. The van der Waals surface area contributed by atoms with Gasteiger partial charge in [0.15, 0.2) is 0 Å². The highest BCUT2D eigenvalue weighted by Gasteiger charge is 2.21. The summed E-state index contributed by atoms with van der Waals surface area (Å²) in [6, 6.07) is 4.44. The van der Waals surface area contributed by atoms with Gasteiger partial charge < -0.3 is 20.1 Å². The van der Waals surface area contributed by atoms with Crippen LogP contribution in [-0.4, -0.2) is 47.8 Å². The number of hydrogen-bond donors (Lipinski definition) is 2. The van der Waals surface area contributed by atoms with Crippen molar-refractivity contribution >= 4 is 17.7 Å². The SMILES string of the molecule is Cc1cc(C(=O)O)ccc1NC(=O)N1CCOC(C)C1. The van der Waals surface area contributed by atoms with Gasteiger partial charge in [0.2, 0.25) is 0 Å². The van der Waals surface area contributed by atoms with Gasteiger partial charge in [-0.1, -0.05) is 0 Å². The van der Waals surface area contributed by atoms with E-state index in [0.29, 0.717) is 25.4 Å². The molecule has 1 unspecified atom stereocenters. The van der Waals surface area contributed by atoms with E-state index < -0.39 is 5.97 Å². The van der Waals surface area contributed by atoms with E-state index in [2.05, 4.69) is 5.32 Å². The van der Waals surface area contributed by atoms with Gasteiger partial charge in [-0.2, -0.15) is 0 Å². The van der Waals surface area contributed by atoms with E-state index >= 15 is 0 Å². The average Bonchev–Trinajstić information content (AvgIpc) is 2.40. The summed E-state index contributed by atoms with van der Waals surface area (Å²) in [5.41, 5.74) is 1.55. The second-order valence-electron chi connectivity index (χ2n) is 4.89. The van der Waals surface area contributed by atoms with Crippen LogP contribution in [0.3, 0.4) is 0 Å². The van der Waals surface area contributed by atoms with Crippen LogP contribution in [0.5, 0.6) is 0 Å². The summed E-state index contributed by atoms with van der Waals surface area (Å²) < 4.78 is 5.39. The molecular formula is C14H18N2O4. The quantitative estimate of drug-likeness (QED) is 0.866. The highest BCUT2D eigenvalue weighted by atomic mass is 16.5. The highest BCUT2D eigenvalue weighted by molar-refractivity contribution is 5.92. The van der Waals surface area contributed by atoms with Crippen LogP contribution in [0, 0.1) is 6.92 Å². The van der Waals surface area contributed by atoms with Gasteiger partial charge in [-0.3, -0.25) is 0 Å². The first-order valence-corrected chi connectivity index (χ1v) is 6.49. The lowest BCUT2D eigenvalue weighted by Gasteiger charge is -2.31. The first-order chi connectivity index (χ1) is 9.47. The van der Waals surface area contributed by atoms with Crippen molar-refractivity contribution in [3.63, 3.8) is 0 Å². The maximum atomic E-state index is 12.1. The van der Waals surface area contributed by atoms with Crippen molar-refractivity contribution in [1.29, 1.82) is 0 Å². The Morgan fingerprint density at radius 1 is 1.45 bits per heavy atom. The standard InChI is InChI=1S/C14H18N2O4/c1-9-7-11(13(17)18)3-4-12(9)15-14(19)16-5-6-20-10(2)8-16/h3-4,7,10H,5-6,8H2,1-2H3,(H,15,19)(H,17,18). The summed E-state index contributed by atoms with van der Waals surface area (Å²) >= 11 is 0. The fraction of sp³-hybridized carbons (Fsp3) is 0.429. The van der Waals surface area contributed by atoms with Gasteiger partial charge in [0.25, 0.3) is 0 Å². The number of benzene rings is 1. The van der Waals surface area contributed by atoms with Gasteiger partial charge in [-0.05, 0) is 37.6 Å². The van der Waals surface area contributed by atoms with Gasteiger partial charge >= 0.3 is 12.0 Å². The summed E-state index contributed by atoms with van der Waals surface area (Å²) in [4.78, 5) is 24.7. The molecule has 0 spiro atoms. The van der Waals surface area contributed by atoms with Crippen LogP contribution in [-0.2, 0) is 4.74 Å². The Morgan fingerprint density at radius 3 is 2.80 bits per heavy atom. The van der Waals surface area contributed by atoms with E-state index in [1.807, 2.05) is 6.92 Å². The number of carboxylic acids is 1. The van der Waals surface area contributed by atoms with Crippen LogP contribution in [0.1, 0.15) is 22.8 Å². The van der Waals surface area contributed by atoms with E-state index in [1.165, 1.54) is 6.07 Å². The number of nitrogens with one attached hydrogen (secondary N) is 1. The maximum absolute atomic E-state index is 12.1. The molecule has 20 heavy (non-hydrogen) atoms. The predicted molar refractivity (Wildman–Crippen MR) is 74.1 cm³/mol. The summed E-state index contributed by atoms with van der Waals surface area (Å²) in [5, 5.41) is 11.7. The normalized spacial score (nSPS) is 18.7. The molecule has 2 amide bonds. The largest absolute Gasteiger partial charge is 0.478 e. The summed E-state index contributed by atoms with van der Waals surface area (Å²) in [7, 11) is 0. The molecule has 0 saturated carbocycles. The van der Waals surface area contributed by atoms with E-state index in [0.717, 1.165) is 5.56 Å². The van der Waals surface area contributed by atoms with Crippen molar-refractivity contribution < 1.29 is 19.4 Å². The molecule has 1 fully saturated rings.